The standard InChI is InChI=1S/C20H23FN2O/c1-15-5-2-3-6-16(15)9-10-20(24)23-12-11-22-14-19(23)17-7-4-8-18(21)13-17/h2-8,13,19,22H,9-12,14H2,1H3. The van der Waals surface area contributed by atoms with E-state index in [2.05, 4.69) is 24.4 Å². The highest BCUT2D eigenvalue weighted by Crippen LogP contribution is 2.24. The highest BCUT2D eigenvalue weighted by molar-refractivity contribution is 5.77. The molecule has 0 aromatic heterocycles. The van der Waals surface area contributed by atoms with Gasteiger partial charge in [0.25, 0.3) is 0 Å². The molecule has 1 N–H and O–H groups in total. The number of hydrogen-bond donors (Lipinski definition) is 1. The maximum atomic E-state index is 13.5. The van der Waals surface area contributed by atoms with E-state index in [4.69, 9.17) is 0 Å². The van der Waals surface area contributed by atoms with E-state index in [0.29, 0.717) is 19.5 Å². The zero-order valence-corrected chi connectivity index (χ0v) is 14.0. The zero-order valence-electron chi connectivity index (χ0n) is 14.0. The number of carbonyl (C=O) groups is 1. The second-order valence-corrected chi connectivity index (χ2v) is 6.29. The first-order valence-electron chi connectivity index (χ1n) is 8.45. The number of aryl methyl sites for hydroxylation is 2. The highest BCUT2D eigenvalue weighted by atomic mass is 19.1. The van der Waals surface area contributed by atoms with E-state index in [1.807, 2.05) is 23.1 Å². The van der Waals surface area contributed by atoms with E-state index >= 15 is 0 Å². The lowest BCUT2D eigenvalue weighted by Gasteiger charge is -2.36. The Bertz CT molecular complexity index is 716. The van der Waals surface area contributed by atoms with Crippen molar-refractivity contribution in [1.82, 2.24) is 10.2 Å². The van der Waals surface area contributed by atoms with Crippen LogP contribution >= 0.6 is 0 Å². The van der Waals surface area contributed by atoms with Crippen LogP contribution in [0.15, 0.2) is 48.5 Å². The number of rotatable bonds is 4. The van der Waals surface area contributed by atoms with Crippen molar-refractivity contribution >= 4 is 5.91 Å². The van der Waals surface area contributed by atoms with Gasteiger partial charge in [0.2, 0.25) is 5.91 Å². The van der Waals surface area contributed by atoms with E-state index in [1.54, 1.807) is 6.07 Å². The third-order valence-corrected chi connectivity index (χ3v) is 4.67. The van der Waals surface area contributed by atoms with Crippen LogP contribution in [0.1, 0.15) is 29.2 Å². The minimum atomic E-state index is -0.259. The van der Waals surface area contributed by atoms with Gasteiger partial charge in [0.1, 0.15) is 5.82 Å². The lowest BCUT2D eigenvalue weighted by Crippen LogP contribution is -2.48. The fourth-order valence-corrected chi connectivity index (χ4v) is 3.29. The molecule has 4 heteroatoms. The van der Waals surface area contributed by atoms with Gasteiger partial charge >= 0.3 is 0 Å². The van der Waals surface area contributed by atoms with Gasteiger partial charge in [-0.2, -0.15) is 0 Å². The Labute approximate surface area is 142 Å². The van der Waals surface area contributed by atoms with E-state index in [9.17, 15) is 9.18 Å². The Hall–Kier alpha value is -2.20. The molecule has 1 atom stereocenters. The molecule has 0 radical (unpaired) electrons. The van der Waals surface area contributed by atoms with Crippen LogP contribution in [-0.4, -0.2) is 30.4 Å². The molecule has 1 aliphatic rings. The molecular formula is C20H23FN2O. The van der Waals surface area contributed by atoms with Gasteiger partial charge in [-0.1, -0.05) is 36.4 Å². The summed E-state index contributed by atoms with van der Waals surface area (Å²) in [5, 5.41) is 3.30. The maximum absolute atomic E-state index is 13.5. The summed E-state index contributed by atoms with van der Waals surface area (Å²) in [4.78, 5) is 14.6. The summed E-state index contributed by atoms with van der Waals surface area (Å²) in [5.41, 5.74) is 3.28. The lowest BCUT2D eigenvalue weighted by atomic mass is 10.0. The molecule has 0 bridgehead atoms. The van der Waals surface area contributed by atoms with Crippen LogP contribution in [0, 0.1) is 12.7 Å². The third kappa shape index (κ3) is 3.82. The summed E-state index contributed by atoms with van der Waals surface area (Å²) in [6, 6.07) is 14.6. The van der Waals surface area contributed by atoms with Gasteiger partial charge in [0, 0.05) is 26.1 Å². The first-order valence-corrected chi connectivity index (χ1v) is 8.45. The van der Waals surface area contributed by atoms with Crippen LogP contribution in [-0.2, 0) is 11.2 Å². The summed E-state index contributed by atoms with van der Waals surface area (Å²) in [5.74, 6) is -0.126. The van der Waals surface area contributed by atoms with Crippen LogP contribution < -0.4 is 5.32 Å². The third-order valence-electron chi connectivity index (χ3n) is 4.67. The van der Waals surface area contributed by atoms with Gasteiger partial charge in [0.15, 0.2) is 0 Å². The van der Waals surface area contributed by atoms with Crippen molar-refractivity contribution in [3.63, 3.8) is 0 Å². The molecule has 2 aromatic carbocycles. The van der Waals surface area contributed by atoms with Crippen LogP contribution in [0.2, 0.25) is 0 Å². The molecule has 1 heterocycles. The SMILES string of the molecule is Cc1ccccc1CCC(=O)N1CCNCC1c1cccc(F)c1. The molecular weight excluding hydrogens is 303 g/mol. The van der Waals surface area contributed by atoms with Crippen LogP contribution in [0.25, 0.3) is 0 Å². The number of amides is 1. The molecule has 0 aliphatic carbocycles. The average molecular weight is 326 g/mol. The summed E-state index contributed by atoms with van der Waals surface area (Å²) in [7, 11) is 0. The van der Waals surface area contributed by atoms with Gasteiger partial charge in [0.05, 0.1) is 6.04 Å². The number of carbonyl (C=O) groups excluding carboxylic acids is 1. The van der Waals surface area contributed by atoms with Crippen LogP contribution in [0.5, 0.6) is 0 Å². The van der Waals surface area contributed by atoms with Crippen molar-refractivity contribution in [2.75, 3.05) is 19.6 Å². The first-order chi connectivity index (χ1) is 11.6. The molecule has 126 valence electrons. The molecule has 2 aromatic rings. The number of nitrogens with zero attached hydrogens (tertiary/aromatic N) is 1. The molecule has 1 fully saturated rings. The Morgan fingerprint density at radius 3 is 2.88 bits per heavy atom. The quantitative estimate of drug-likeness (QED) is 0.935. The maximum Gasteiger partial charge on any atom is 0.223 e. The molecule has 1 unspecified atom stereocenters. The van der Waals surface area contributed by atoms with E-state index < -0.39 is 0 Å². The molecule has 3 nitrogen and oxygen atoms in total. The molecule has 0 spiro atoms. The average Bonchev–Trinajstić information content (AvgIpc) is 2.61. The smallest absolute Gasteiger partial charge is 0.223 e. The Morgan fingerprint density at radius 1 is 1.25 bits per heavy atom. The van der Waals surface area contributed by atoms with Crippen LogP contribution in [0.3, 0.4) is 0 Å². The van der Waals surface area contributed by atoms with Gasteiger partial charge in [-0.05, 0) is 42.2 Å². The van der Waals surface area contributed by atoms with Crippen molar-refractivity contribution in [3.8, 4) is 0 Å². The van der Waals surface area contributed by atoms with E-state index in [1.165, 1.54) is 23.3 Å². The van der Waals surface area contributed by atoms with Crippen molar-refractivity contribution in [3.05, 3.63) is 71.0 Å². The largest absolute Gasteiger partial charge is 0.333 e. The molecule has 3 rings (SSSR count). The summed E-state index contributed by atoms with van der Waals surface area (Å²) in [6.07, 6.45) is 1.22. The van der Waals surface area contributed by atoms with Gasteiger partial charge in [-0.3, -0.25) is 4.79 Å². The number of benzene rings is 2. The first kappa shape index (κ1) is 16.7. The second-order valence-electron chi connectivity index (χ2n) is 6.29. The lowest BCUT2D eigenvalue weighted by molar-refractivity contribution is -0.134. The Kier molecular flexibility index (Phi) is 5.26. The van der Waals surface area contributed by atoms with Crippen molar-refractivity contribution in [2.45, 2.75) is 25.8 Å². The Balaban J connectivity index is 1.71. The second kappa shape index (κ2) is 7.58. The van der Waals surface area contributed by atoms with E-state index in [0.717, 1.165) is 18.5 Å². The van der Waals surface area contributed by atoms with E-state index in [-0.39, 0.29) is 17.8 Å². The Morgan fingerprint density at radius 2 is 2.08 bits per heavy atom. The van der Waals surface area contributed by atoms with Crippen molar-refractivity contribution < 1.29 is 9.18 Å². The molecule has 1 aliphatic heterocycles. The number of piperazine rings is 1. The molecule has 1 amide bonds. The molecule has 24 heavy (non-hydrogen) atoms. The van der Waals surface area contributed by atoms with Gasteiger partial charge < -0.3 is 10.2 Å². The number of nitrogens with one attached hydrogen (secondary N) is 1. The van der Waals surface area contributed by atoms with Crippen molar-refractivity contribution in [1.29, 1.82) is 0 Å². The summed E-state index contributed by atoms with van der Waals surface area (Å²) < 4.78 is 13.5. The summed E-state index contributed by atoms with van der Waals surface area (Å²) in [6.45, 7) is 4.18. The van der Waals surface area contributed by atoms with Gasteiger partial charge in [-0.25, -0.2) is 4.39 Å². The van der Waals surface area contributed by atoms with Gasteiger partial charge in [-0.15, -0.1) is 0 Å². The predicted octanol–water partition coefficient (Wildman–Crippen LogP) is 3.24. The topological polar surface area (TPSA) is 32.3 Å². The fraction of sp³-hybridized carbons (Fsp3) is 0.350. The minimum absolute atomic E-state index is 0.0983. The fourth-order valence-electron chi connectivity index (χ4n) is 3.29. The summed E-state index contributed by atoms with van der Waals surface area (Å²) >= 11 is 0. The molecule has 1 saturated heterocycles. The monoisotopic (exact) mass is 326 g/mol. The predicted molar refractivity (Wildman–Crippen MR) is 93.2 cm³/mol. The normalized spacial score (nSPS) is 17.8. The van der Waals surface area contributed by atoms with Crippen molar-refractivity contribution in [2.24, 2.45) is 0 Å². The number of halogens is 1. The zero-order chi connectivity index (χ0) is 16.9. The van der Waals surface area contributed by atoms with Crippen LogP contribution in [0.4, 0.5) is 4.39 Å². The molecule has 0 saturated carbocycles. The number of hydrogen-bond acceptors (Lipinski definition) is 2. The minimum Gasteiger partial charge on any atom is -0.333 e. The highest BCUT2D eigenvalue weighted by Gasteiger charge is 2.27.